The van der Waals surface area contributed by atoms with E-state index in [9.17, 15) is 0 Å². The minimum absolute atomic E-state index is 1.11. The first-order chi connectivity index (χ1) is 6.70. The highest BCUT2D eigenvalue weighted by atomic mass is 79.9. The van der Waals surface area contributed by atoms with Crippen molar-refractivity contribution in [1.82, 2.24) is 0 Å². The van der Waals surface area contributed by atoms with Crippen LogP contribution in [0.25, 0.3) is 16.3 Å². The Hall–Kier alpha value is -1.08. The number of allylic oxidation sites excluding steroid dienone is 1. The first-order valence-electron chi connectivity index (χ1n) is 4.53. The summed E-state index contributed by atoms with van der Waals surface area (Å²) in [5, 5.41) is 2.50. The average molecular weight is 247 g/mol. The van der Waals surface area contributed by atoms with Crippen LogP contribution in [0.3, 0.4) is 0 Å². The van der Waals surface area contributed by atoms with Gasteiger partial charge < -0.3 is 0 Å². The average Bonchev–Trinajstić information content (AvgIpc) is 2.18. The summed E-state index contributed by atoms with van der Waals surface area (Å²) < 4.78 is 1.14. The Balaban J connectivity index is 2.88. The third-order valence-electron chi connectivity index (χ3n) is 2.33. The van der Waals surface area contributed by atoms with Crippen LogP contribution in [0.5, 0.6) is 0 Å². The molecule has 0 heterocycles. The molecule has 0 aromatic heterocycles. The van der Waals surface area contributed by atoms with E-state index in [2.05, 4.69) is 58.9 Å². The molecule has 0 nitrogen and oxygen atoms in total. The fourth-order valence-electron chi connectivity index (χ4n) is 1.63. The van der Waals surface area contributed by atoms with Gasteiger partial charge in [-0.2, -0.15) is 0 Å². The van der Waals surface area contributed by atoms with E-state index < -0.39 is 0 Å². The number of rotatable bonds is 1. The lowest BCUT2D eigenvalue weighted by molar-refractivity contribution is 1.61. The molecular weight excluding hydrogens is 236 g/mol. The summed E-state index contributed by atoms with van der Waals surface area (Å²) in [6.45, 7) is 6.03. The molecule has 0 bridgehead atoms. The van der Waals surface area contributed by atoms with E-state index in [1.165, 1.54) is 16.3 Å². The van der Waals surface area contributed by atoms with Gasteiger partial charge in [0.15, 0.2) is 0 Å². The number of halogens is 1. The summed E-state index contributed by atoms with van der Waals surface area (Å²) in [7, 11) is 0. The van der Waals surface area contributed by atoms with Crippen LogP contribution in [0.2, 0.25) is 0 Å². The first-order valence-corrected chi connectivity index (χ1v) is 5.32. The highest BCUT2D eigenvalue weighted by molar-refractivity contribution is 9.10. The van der Waals surface area contributed by atoms with Gasteiger partial charge in [-0.3, -0.25) is 0 Å². The molecular formula is C13H11Br. The van der Waals surface area contributed by atoms with Crippen LogP contribution in [0, 0.1) is 0 Å². The van der Waals surface area contributed by atoms with Crippen LogP contribution < -0.4 is 0 Å². The first kappa shape index (κ1) is 9.47. The second-order valence-electron chi connectivity index (χ2n) is 3.42. The fraction of sp³-hybridized carbons (Fsp3) is 0.0769. The minimum atomic E-state index is 1.11. The second kappa shape index (κ2) is 3.58. The van der Waals surface area contributed by atoms with Crippen molar-refractivity contribution >= 4 is 32.3 Å². The van der Waals surface area contributed by atoms with Crippen molar-refractivity contribution in [2.24, 2.45) is 0 Å². The monoisotopic (exact) mass is 246 g/mol. The van der Waals surface area contributed by atoms with Gasteiger partial charge in [-0.05, 0) is 29.3 Å². The summed E-state index contributed by atoms with van der Waals surface area (Å²) in [5.41, 5.74) is 2.33. The van der Waals surface area contributed by atoms with Crippen molar-refractivity contribution in [1.29, 1.82) is 0 Å². The topological polar surface area (TPSA) is 0 Å². The Labute approximate surface area is 92.4 Å². The molecule has 14 heavy (non-hydrogen) atoms. The third kappa shape index (κ3) is 1.48. The quantitative estimate of drug-likeness (QED) is 0.688. The van der Waals surface area contributed by atoms with Crippen LogP contribution in [0.1, 0.15) is 12.5 Å². The van der Waals surface area contributed by atoms with E-state index in [1.54, 1.807) is 0 Å². The maximum Gasteiger partial charge on any atom is 0.0254 e. The largest absolute Gasteiger partial charge is 0.0955 e. The van der Waals surface area contributed by atoms with Gasteiger partial charge in [0.2, 0.25) is 0 Å². The smallest absolute Gasteiger partial charge is 0.0254 e. The lowest BCUT2D eigenvalue weighted by Gasteiger charge is -2.07. The summed E-state index contributed by atoms with van der Waals surface area (Å²) in [5.74, 6) is 0. The SMILES string of the molecule is C=C(C)c1ccc(Br)c2ccccc12. The third-order valence-corrected chi connectivity index (χ3v) is 3.02. The molecule has 1 heteroatoms. The Kier molecular flexibility index (Phi) is 2.42. The summed E-state index contributed by atoms with van der Waals surface area (Å²) in [6, 6.07) is 12.5. The van der Waals surface area contributed by atoms with E-state index in [0.717, 1.165) is 10.0 Å². The minimum Gasteiger partial charge on any atom is -0.0955 e. The number of benzene rings is 2. The van der Waals surface area contributed by atoms with Crippen LogP contribution in [0.4, 0.5) is 0 Å². The Morgan fingerprint density at radius 2 is 1.71 bits per heavy atom. The second-order valence-corrected chi connectivity index (χ2v) is 4.28. The Morgan fingerprint density at radius 1 is 1.07 bits per heavy atom. The van der Waals surface area contributed by atoms with Crippen molar-refractivity contribution in [2.45, 2.75) is 6.92 Å². The molecule has 0 saturated carbocycles. The van der Waals surface area contributed by atoms with E-state index in [1.807, 2.05) is 6.92 Å². The van der Waals surface area contributed by atoms with Crippen molar-refractivity contribution in [3.8, 4) is 0 Å². The van der Waals surface area contributed by atoms with Crippen LogP contribution in [0.15, 0.2) is 47.4 Å². The van der Waals surface area contributed by atoms with Gasteiger partial charge in [-0.15, -0.1) is 0 Å². The molecule has 0 amide bonds. The molecule has 0 aliphatic carbocycles. The molecule has 0 fully saturated rings. The van der Waals surface area contributed by atoms with Gasteiger partial charge in [0.25, 0.3) is 0 Å². The molecule has 0 aliphatic rings. The predicted octanol–water partition coefficient (Wildman–Crippen LogP) is 4.64. The maximum absolute atomic E-state index is 3.99. The molecule has 0 atom stereocenters. The van der Waals surface area contributed by atoms with E-state index >= 15 is 0 Å². The Morgan fingerprint density at radius 3 is 2.36 bits per heavy atom. The highest BCUT2D eigenvalue weighted by Gasteiger charge is 2.03. The Bertz CT molecular complexity index is 498. The molecule has 2 aromatic carbocycles. The molecule has 0 spiro atoms. The predicted molar refractivity (Wildman–Crippen MR) is 66.4 cm³/mol. The molecule has 0 N–H and O–H groups in total. The molecule has 0 radical (unpaired) electrons. The van der Waals surface area contributed by atoms with Gasteiger partial charge in [-0.1, -0.05) is 58.4 Å². The normalized spacial score (nSPS) is 10.4. The number of fused-ring (bicyclic) bond motifs is 1. The zero-order chi connectivity index (χ0) is 10.1. The molecule has 2 rings (SSSR count). The lowest BCUT2D eigenvalue weighted by Crippen LogP contribution is -1.82. The van der Waals surface area contributed by atoms with E-state index in [4.69, 9.17) is 0 Å². The van der Waals surface area contributed by atoms with Crippen LogP contribution in [-0.4, -0.2) is 0 Å². The van der Waals surface area contributed by atoms with Crippen LogP contribution in [-0.2, 0) is 0 Å². The van der Waals surface area contributed by atoms with Gasteiger partial charge in [-0.25, -0.2) is 0 Å². The van der Waals surface area contributed by atoms with Crippen molar-refractivity contribution < 1.29 is 0 Å². The van der Waals surface area contributed by atoms with E-state index in [-0.39, 0.29) is 0 Å². The highest BCUT2D eigenvalue weighted by Crippen LogP contribution is 2.29. The van der Waals surface area contributed by atoms with E-state index in [0.29, 0.717) is 0 Å². The summed E-state index contributed by atoms with van der Waals surface area (Å²) >= 11 is 3.55. The molecule has 0 aliphatic heterocycles. The van der Waals surface area contributed by atoms with Gasteiger partial charge in [0, 0.05) is 4.47 Å². The van der Waals surface area contributed by atoms with Crippen molar-refractivity contribution in [2.75, 3.05) is 0 Å². The standard InChI is InChI=1S/C13H11Br/c1-9(2)10-7-8-13(14)12-6-4-3-5-11(10)12/h3-8H,1H2,2H3. The zero-order valence-electron chi connectivity index (χ0n) is 8.05. The molecule has 0 unspecified atom stereocenters. The van der Waals surface area contributed by atoms with Gasteiger partial charge in [0.1, 0.15) is 0 Å². The van der Waals surface area contributed by atoms with Crippen LogP contribution >= 0.6 is 15.9 Å². The summed E-state index contributed by atoms with van der Waals surface area (Å²) in [6.07, 6.45) is 0. The fourth-order valence-corrected chi connectivity index (χ4v) is 2.11. The molecule has 70 valence electrons. The molecule has 2 aromatic rings. The zero-order valence-corrected chi connectivity index (χ0v) is 9.64. The summed E-state index contributed by atoms with van der Waals surface area (Å²) in [4.78, 5) is 0. The van der Waals surface area contributed by atoms with Crippen molar-refractivity contribution in [3.63, 3.8) is 0 Å². The van der Waals surface area contributed by atoms with Crippen molar-refractivity contribution in [3.05, 3.63) is 53.0 Å². The van der Waals surface area contributed by atoms with Gasteiger partial charge in [0.05, 0.1) is 0 Å². The van der Waals surface area contributed by atoms with Gasteiger partial charge >= 0.3 is 0 Å². The maximum atomic E-state index is 3.99. The lowest BCUT2D eigenvalue weighted by atomic mass is 10.0. The number of hydrogen-bond acceptors (Lipinski definition) is 0. The molecule has 0 saturated heterocycles. The number of hydrogen-bond donors (Lipinski definition) is 0.